The Balaban J connectivity index is 2.59. The molecule has 0 aromatic carbocycles. The highest BCUT2D eigenvalue weighted by atomic mass is 16.3. The second kappa shape index (κ2) is 7.67. The number of carbonyl (C=O) groups excluding carboxylic acids is 1. The predicted octanol–water partition coefficient (Wildman–Crippen LogP) is 1.14. The minimum Gasteiger partial charge on any atom is -0.395 e. The largest absolute Gasteiger partial charge is 0.395 e. The molecular weight excluding hydrogens is 216 g/mol. The van der Waals surface area contributed by atoms with Crippen molar-refractivity contribution in [2.75, 3.05) is 19.7 Å². The Kier molecular flexibility index (Phi) is 6.52. The molecule has 0 aliphatic heterocycles. The van der Waals surface area contributed by atoms with Crippen LogP contribution in [0.1, 0.15) is 46.0 Å². The van der Waals surface area contributed by atoms with Gasteiger partial charge in [-0.25, -0.2) is 0 Å². The molecule has 1 rings (SSSR count). The van der Waals surface area contributed by atoms with E-state index in [0.717, 1.165) is 12.8 Å². The van der Waals surface area contributed by atoms with Crippen LogP contribution < -0.4 is 5.32 Å². The third-order valence-corrected chi connectivity index (χ3v) is 3.63. The summed E-state index contributed by atoms with van der Waals surface area (Å²) in [5.74, 6) is 0.0755. The van der Waals surface area contributed by atoms with Crippen molar-refractivity contribution in [1.29, 1.82) is 0 Å². The highest BCUT2D eigenvalue weighted by molar-refractivity contribution is 5.81. The molecule has 1 aliphatic rings. The summed E-state index contributed by atoms with van der Waals surface area (Å²) in [7, 11) is 0. The Morgan fingerprint density at radius 2 is 2.06 bits per heavy atom. The minimum atomic E-state index is -0.134. The lowest BCUT2D eigenvalue weighted by Gasteiger charge is -2.37. The molecule has 1 fully saturated rings. The number of rotatable bonds is 6. The van der Waals surface area contributed by atoms with Crippen molar-refractivity contribution in [2.24, 2.45) is 0 Å². The fraction of sp³-hybridized carbons (Fsp3) is 0.923. The standard InChI is InChI=1S/C13H26N2O2/c1-3-14-13(17)11(2)15(9-10-16)12-7-5-4-6-8-12/h11-12,16H,3-10H2,1-2H3,(H,14,17). The summed E-state index contributed by atoms with van der Waals surface area (Å²) in [6.07, 6.45) is 6.11. The molecule has 1 saturated carbocycles. The van der Waals surface area contributed by atoms with E-state index < -0.39 is 0 Å². The lowest BCUT2D eigenvalue weighted by atomic mass is 9.93. The van der Waals surface area contributed by atoms with Gasteiger partial charge in [0.2, 0.25) is 5.91 Å². The lowest BCUT2D eigenvalue weighted by molar-refractivity contribution is -0.127. The highest BCUT2D eigenvalue weighted by Crippen LogP contribution is 2.23. The molecule has 0 heterocycles. The van der Waals surface area contributed by atoms with Crippen molar-refractivity contribution < 1.29 is 9.90 Å². The van der Waals surface area contributed by atoms with Gasteiger partial charge in [0.15, 0.2) is 0 Å². The number of nitrogens with zero attached hydrogens (tertiary/aromatic N) is 1. The van der Waals surface area contributed by atoms with E-state index in [2.05, 4.69) is 10.2 Å². The fourth-order valence-corrected chi connectivity index (χ4v) is 2.69. The first-order chi connectivity index (χ1) is 8.20. The number of likely N-dealkylation sites (N-methyl/N-ethyl adjacent to an activating group) is 1. The van der Waals surface area contributed by atoms with Crippen LogP contribution in [0, 0.1) is 0 Å². The van der Waals surface area contributed by atoms with Crippen molar-refractivity contribution in [1.82, 2.24) is 10.2 Å². The second-order valence-corrected chi connectivity index (χ2v) is 4.82. The van der Waals surface area contributed by atoms with Gasteiger partial charge < -0.3 is 10.4 Å². The zero-order valence-corrected chi connectivity index (χ0v) is 11.1. The van der Waals surface area contributed by atoms with Gasteiger partial charge in [0, 0.05) is 19.1 Å². The maximum Gasteiger partial charge on any atom is 0.237 e. The van der Waals surface area contributed by atoms with Crippen LogP contribution in [0.5, 0.6) is 0 Å². The zero-order chi connectivity index (χ0) is 12.7. The number of hydrogen-bond donors (Lipinski definition) is 2. The van der Waals surface area contributed by atoms with Crippen LogP contribution in [0.2, 0.25) is 0 Å². The Bertz CT molecular complexity index is 227. The Hall–Kier alpha value is -0.610. The second-order valence-electron chi connectivity index (χ2n) is 4.82. The van der Waals surface area contributed by atoms with Gasteiger partial charge in [-0.3, -0.25) is 9.69 Å². The Morgan fingerprint density at radius 1 is 1.41 bits per heavy atom. The molecule has 0 bridgehead atoms. The predicted molar refractivity (Wildman–Crippen MR) is 68.8 cm³/mol. The van der Waals surface area contributed by atoms with Crippen molar-refractivity contribution >= 4 is 5.91 Å². The number of carbonyl (C=O) groups is 1. The molecule has 0 spiro atoms. The molecule has 4 heteroatoms. The number of hydrogen-bond acceptors (Lipinski definition) is 3. The van der Waals surface area contributed by atoms with E-state index in [-0.39, 0.29) is 18.6 Å². The molecule has 0 aromatic rings. The summed E-state index contributed by atoms with van der Waals surface area (Å²) in [5.41, 5.74) is 0. The number of aliphatic hydroxyl groups excluding tert-OH is 1. The van der Waals surface area contributed by atoms with Gasteiger partial charge in [0.1, 0.15) is 0 Å². The summed E-state index contributed by atoms with van der Waals surface area (Å²) in [4.78, 5) is 14.0. The van der Waals surface area contributed by atoms with Crippen LogP contribution in [-0.4, -0.2) is 47.7 Å². The SMILES string of the molecule is CCNC(=O)C(C)N(CCO)C1CCCCC1. The monoisotopic (exact) mass is 242 g/mol. The number of amides is 1. The summed E-state index contributed by atoms with van der Waals surface area (Å²) >= 11 is 0. The van der Waals surface area contributed by atoms with Gasteiger partial charge in [0.25, 0.3) is 0 Å². The molecule has 100 valence electrons. The molecule has 1 atom stereocenters. The summed E-state index contributed by atoms with van der Waals surface area (Å²) in [6, 6.07) is 0.332. The first-order valence-electron chi connectivity index (χ1n) is 6.85. The quantitative estimate of drug-likeness (QED) is 0.734. The topological polar surface area (TPSA) is 52.6 Å². The van der Waals surface area contributed by atoms with E-state index in [1.165, 1.54) is 19.3 Å². The maximum absolute atomic E-state index is 11.9. The first-order valence-corrected chi connectivity index (χ1v) is 6.85. The van der Waals surface area contributed by atoms with Crippen molar-refractivity contribution in [3.8, 4) is 0 Å². The Morgan fingerprint density at radius 3 is 2.59 bits per heavy atom. The van der Waals surface area contributed by atoms with Gasteiger partial charge in [-0.1, -0.05) is 19.3 Å². The average molecular weight is 242 g/mol. The molecule has 0 aromatic heterocycles. The van der Waals surface area contributed by atoms with Gasteiger partial charge >= 0.3 is 0 Å². The maximum atomic E-state index is 11.9. The van der Waals surface area contributed by atoms with Crippen LogP contribution in [0.15, 0.2) is 0 Å². The van der Waals surface area contributed by atoms with Crippen molar-refractivity contribution in [3.63, 3.8) is 0 Å². The van der Waals surface area contributed by atoms with E-state index in [4.69, 9.17) is 5.11 Å². The molecule has 0 radical (unpaired) electrons. The minimum absolute atomic E-state index is 0.0755. The van der Waals surface area contributed by atoms with Crippen LogP contribution >= 0.6 is 0 Å². The summed E-state index contributed by atoms with van der Waals surface area (Å²) < 4.78 is 0. The van der Waals surface area contributed by atoms with E-state index in [0.29, 0.717) is 19.1 Å². The normalized spacial score (nSPS) is 19.3. The molecule has 1 amide bonds. The molecule has 4 nitrogen and oxygen atoms in total. The van der Waals surface area contributed by atoms with Crippen LogP contribution in [0.4, 0.5) is 0 Å². The number of nitrogens with one attached hydrogen (secondary N) is 1. The van der Waals surface area contributed by atoms with Gasteiger partial charge in [0.05, 0.1) is 12.6 Å². The molecule has 2 N–H and O–H groups in total. The van der Waals surface area contributed by atoms with Gasteiger partial charge in [-0.15, -0.1) is 0 Å². The summed E-state index contributed by atoms with van der Waals surface area (Å²) in [6.45, 7) is 5.26. The molecule has 1 unspecified atom stereocenters. The summed E-state index contributed by atoms with van der Waals surface area (Å²) in [5, 5.41) is 12.0. The smallest absolute Gasteiger partial charge is 0.237 e. The third kappa shape index (κ3) is 4.28. The zero-order valence-electron chi connectivity index (χ0n) is 11.1. The van der Waals surface area contributed by atoms with Crippen LogP contribution in [0.25, 0.3) is 0 Å². The van der Waals surface area contributed by atoms with E-state index >= 15 is 0 Å². The van der Waals surface area contributed by atoms with Crippen LogP contribution in [-0.2, 0) is 4.79 Å². The lowest BCUT2D eigenvalue weighted by Crippen LogP contribution is -2.51. The molecule has 0 saturated heterocycles. The van der Waals surface area contributed by atoms with Crippen molar-refractivity contribution in [3.05, 3.63) is 0 Å². The van der Waals surface area contributed by atoms with E-state index in [9.17, 15) is 4.79 Å². The van der Waals surface area contributed by atoms with Crippen molar-refractivity contribution in [2.45, 2.75) is 58.0 Å². The van der Waals surface area contributed by atoms with Gasteiger partial charge in [-0.05, 0) is 26.7 Å². The molecule has 17 heavy (non-hydrogen) atoms. The van der Waals surface area contributed by atoms with Crippen LogP contribution in [0.3, 0.4) is 0 Å². The van der Waals surface area contributed by atoms with Gasteiger partial charge in [-0.2, -0.15) is 0 Å². The molecular formula is C13H26N2O2. The average Bonchev–Trinajstić information content (AvgIpc) is 2.36. The van der Waals surface area contributed by atoms with E-state index in [1.54, 1.807) is 0 Å². The Labute approximate surface area is 104 Å². The number of aliphatic hydroxyl groups is 1. The first kappa shape index (κ1) is 14.5. The van der Waals surface area contributed by atoms with E-state index in [1.807, 2.05) is 13.8 Å². The fourth-order valence-electron chi connectivity index (χ4n) is 2.69. The molecule has 1 aliphatic carbocycles. The highest BCUT2D eigenvalue weighted by Gasteiger charge is 2.28. The third-order valence-electron chi connectivity index (χ3n) is 3.63.